The van der Waals surface area contributed by atoms with Gasteiger partial charge in [0.05, 0.1) is 17.7 Å². The molecule has 0 radical (unpaired) electrons. The third-order valence-corrected chi connectivity index (χ3v) is 9.67. The van der Waals surface area contributed by atoms with E-state index in [1.165, 1.54) is 0 Å². The molecule has 1 saturated heterocycles. The predicted molar refractivity (Wildman–Crippen MR) is 211 cm³/mol. The van der Waals surface area contributed by atoms with Crippen molar-refractivity contribution in [2.45, 2.75) is 42.9 Å². The molecule has 1 fully saturated rings. The standard InChI is InChI=1S/C47H41NO9/c49-43(34-21-9-2-10-22-34)56-41-39(32-54-47(36-25-13-4-14-26-36,37-27-15-5-16-28-37)38-29-17-6-18-30-38)55-45(51)40(42(41)57-44(50)35-23-11-3-12-24-35)48-46(52)53-31-33-19-7-1-8-20-33/h1-30,39-42,45,51H,31-32H2,(H,48,52)/t39-,40+,41-,42-,45+/m1/s1. The minimum Gasteiger partial charge on any atom is -0.452 e. The Morgan fingerprint density at radius 1 is 0.561 bits per heavy atom. The number of benzene rings is 6. The number of hydrogen-bond acceptors (Lipinski definition) is 9. The Balaban J connectivity index is 1.27. The molecule has 0 saturated carbocycles. The lowest BCUT2D eigenvalue weighted by Gasteiger charge is -2.45. The van der Waals surface area contributed by atoms with Gasteiger partial charge in [-0.05, 0) is 46.5 Å². The number of carbonyl (C=O) groups excluding carboxylic acids is 3. The summed E-state index contributed by atoms with van der Waals surface area (Å²) < 4.78 is 31.1. The van der Waals surface area contributed by atoms with E-state index in [-0.39, 0.29) is 24.3 Å². The highest BCUT2D eigenvalue weighted by Gasteiger charge is 2.52. The normalized spacial score (nSPS) is 19.1. The van der Waals surface area contributed by atoms with Gasteiger partial charge in [-0.3, -0.25) is 0 Å². The van der Waals surface area contributed by atoms with Crippen LogP contribution in [0.3, 0.4) is 0 Å². The summed E-state index contributed by atoms with van der Waals surface area (Å²) in [5.74, 6) is -1.54. The average molecular weight is 764 g/mol. The number of ether oxygens (including phenoxy) is 5. The van der Waals surface area contributed by atoms with Crippen molar-refractivity contribution in [3.8, 4) is 0 Å². The second kappa shape index (κ2) is 18.4. The van der Waals surface area contributed by atoms with Gasteiger partial charge in [-0.15, -0.1) is 0 Å². The molecular formula is C47H41NO9. The molecule has 1 amide bonds. The van der Waals surface area contributed by atoms with Crippen LogP contribution in [0.25, 0.3) is 0 Å². The molecule has 0 unspecified atom stereocenters. The number of aliphatic hydroxyl groups excluding tert-OH is 1. The van der Waals surface area contributed by atoms with Gasteiger partial charge in [0.15, 0.2) is 18.5 Å². The van der Waals surface area contributed by atoms with Crippen molar-refractivity contribution >= 4 is 18.0 Å². The highest BCUT2D eigenvalue weighted by molar-refractivity contribution is 5.90. The number of amides is 1. The summed E-state index contributed by atoms with van der Waals surface area (Å²) in [4.78, 5) is 41.0. The Morgan fingerprint density at radius 3 is 1.42 bits per heavy atom. The molecule has 7 rings (SSSR count). The average Bonchev–Trinajstić information content (AvgIpc) is 3.27. The van der Waals surface area contributed by atoms with E-state index in [2.05, 4.69) is 5.32 Å². The fraction of sp³-hybridized carbons (Fsp3) is 0.170. The molecule has 1 heterocycles. The number of esters is 2. The number of aliphatic hydroxyl groups is 1. The molecule has 5 atom stereocenters. The number of alkyl carbamates (subject to hydrolysis) is 1. The van der Waals surface area contributed by atoms with Crippen molar-refractivity contribution < 1.29 is 43.2 Å². The Morgan fingerprint density at radius 2 is 0.965 bits per heavy atom. The van der Waals surface area contributed by atoms with Gasteiger partial charge >= 0.3 is 18.0 Å². The van der Waals surface area contributed by atoms with Gasteiger partial charge in [0.1, 0.15) is 24.4 Å². The molecule has 1 aliphatic heterocycles. The zero-order valence-electron chi connectivity index (χ0n) is 30.8. The number of carbonyl (C=O) groups is 3. The molecule has 0 aromatic heterocycles. The van der Waals surface area contributed by atoms with Crippen molar-refractivity contribution in [1.29, 1.82) is 0 Å². The van der Waals surface area contributed by atoms with Crippen LogP contribution >= 0.6 is 0 Å². The molecule has 288 valence electrons. The van der Waals surface area contributed by atoms with Gasteiger partial charge in [-0.25, -0.2) is 14.4 Å². The first-order valence-corrected chi connectivity index (χ1v) is 18.6. The second-order valence-electron chi connectivity index (χ2n) is 13.4. The van der Waals surface area contributed by atoms with E-state index in [1.54, 1.807) is 72.8 Å². The van der Waals surface area contributed by atoms with Crippen molar-refractivity contribution in [1.82, 2.24) is 5.32 Å². The number of rotatable bonds is 13. The molecule has 57 heavy (non-hydrogen) atoms. The summed E-state index contributed by atoms with van der Waals surface area (Å²) >= 11 is 0. The van der Waals surface area contributed by atoms with E-state index in [0.29, 0.717) is 0 Å². The van der Waals surface area contributed by atoms with E-state index in [9.17, 15) is 19.5 Å². The molecule has 6 aromatic carbocycles. The SMILES string of the molecule is O=C(N[C@H]1[C@@H](OC(=O)c2ccccc2)[C@H](OC(=O)c2ccccc2)[C@@H](COC(c2ccccc2)(c2ccccc2)c2ccccc2)O[C@@H]1O)OCc1ccccc1. The number of hydrogen-bond donors (Lipinski definition) is 2. The molecule has 2 N–H and O–H groups in total. The van der Waals surface area contributed by atoms with Crippen LogP contribution in [0.1, 0.15) is 43.0 Å². The highest BCUT2D eigenvalue weighted by atomic mass is 16.7. The summed E-state index contributed by atoms with van der Waals surface area (Å²) in [6.45, 7) is -0.360. The minimum atomic E-state index is -1.78. The predicted octanol–water partition coefficient (Wildman–Crippen LogP) is 7.46. The van der Waals surface area contributed by atoms with Gasteiger partial charge in [-0.2, -0.15) is 0 Å². The molecule has 1 aliphatic rings. The Labute approximate surface area is 330 Å². The van der Waals surface area contributed by atoms with Crippen LogP contribution in [0.15, 0.2) is 182 Å². The maximum absolute atomic E-state index is 13.9. The van der Waals surface area contributed by atoms with Crippen LogP contribution in [0.4, 0.5) is 4.79 Å². The summed E-state index contributed by atoms with van der Waals surface area (Å²) in [5.41, 5.74) is 2.30. The van der Waals surface area contributed by atoms with E-state index >= 15 is 0 Å². The van der Waals surface area contributed by atoms with E-state index in [0.717, 1.165) is 22.3 Å². The third-order valence-electron chi connectivity index (χ3n) is 9.67. The lowest BCUT2D eigenvalue weighted by Crippen LogP contribution is -2.66. The lowest BCUT2D eigenvalue weighted by atomic mass is 9.80. The quantitative estimate of drug-likeness (QED) is 0.0700. The molecule has 0 aliphatic carbocycles. The molecular weight excluding hydrogens is 723 g/mol. The summed E-state index contributed by atoms with van der Waals surface area (Å²) in [6.07, 6.45) is -6.86. The highest BCUT2D eigenvalue weighted by Crippen LogP contribution is 2.41. The second-order valence-corrected chi connectivity index (χ2v) is 13.4. The Hall–Kier alpha value is -6.59. The summed E-state index contributed by atoms with van der Waals surface area (Å²) in [7, 11) is 0. The molecule has 6 aromatic rings. The molecule has 0 spiro atoms. The van der Waals surface area contributed by atoms with Crippen molar-refractivity contribution in [3.05, 3.63) is 215 Å². The van der Waals surface area contributed by atoms with E-state index in [4.69, 9.17) is 23.7 Å². The van der Waals surface area contributed by atoms with Gasteiger partial charge < -0.3 is 34.1 Å². The molecule has 10 nitrogen and oxygen atoms in total. The smallest absolute Gasteiger partial charge is 0.407 e. The maximum Gasteiger partial charge on any atom is 0.407 e. The fourth-order valence-corrected chi connectivity index (χ4v) is 6.90. The van der Waals surface area contributed by atoms with Gasteiger partial charge in [0.2, 0.25) is 0 Å². The lowest BCUT2D eigenvalue weighted by molar-refractivity contribution is -0.259. The van der Waals surface area contributed by atoms with Crippen LogP contribution in [-0.4, -0.2) is 60.4 Å². The van der Waals surface area contributed by atoms with E-state index in [1.807, 2.05) is 109 Å². The molecule has 0 bridgehead atoms. The number of nitrogens with one attached hydrogen (secondary N) is 1. The van der Waals surface area contributed by atoms with Crippen molar-refractivity contribution in [2.75, 3.05) is 6.61 Å². The Kier molecular flexibility index (Phi) is 12.5. The first kappa shape index (κ1) is 38.7. The van der Waals surface area contributed by atoms with Crippen LogP contribution in [0.2, 0.25) is 0 Å². The zero-order valence-corrected chi connectivity index (χ0v) is 30.8. The van der Waals surface area contributed by atoms with Crippen molar-refractivity contribution in [3.63, 3.8) is 0 Å². The molecule has 10 heteroatoms. The van der Waals surface area contributed by atoms with Crippen LogP contribution in [-0.2, 0) is 35.9 Å². The third kappa shape index (κ3) is 9.11. The van der Waals surface area contributed by atoms with Crippen molar-refractivity contribution in [2.24, 2.45) is 0 Å². The van der Waals surface area contributed by atoms with Gasteiger partial charge in [0, 0.05) is 0 Å². The fourth-order valence-electron chi connectivity index (χ4n) is 6.90. The topological polar surface area (TPSA) is 130 Å². The van der Waals surface area contributed by atoms with Gasteiger partial charge in [-0.1, -0.05) is 158 Å². The summed E-state index contributed by atoms with van der Waals surface area (Å²) in [5, 5.41) is 14.3. The maximum atomic E-state index is 13.9. The zero-order chi connectivity index (χ0) is 39.5. The Bertz CT molecular complexity index is 2090. The summed E-state index contributed by atoms with van der Waals surface area (Å²) in [6, 6.07) is 53.0. The monoisotopic (exact) mass is 763 g/mol. The first-order valence-electron chi connectivity index (χ1n) is 18.6. The van der Waals surface area contributed by atoms with Crippen LogP contribution in [0.5, 0.6) is 0 Å². The first-order chi connectivity index (χ1) is 27.9. The minimum absolute atomic E-state index is 0.0752. The van der Waals surface area contributed by atoms with E-state index < -0.39 is 54.3 Å². The van der Waals surface area contributed by atoms with Gasteiger partial charge in [0.25, 0.3) is 0 Å². The van der Waals surface area contributed by atoms with Crippen LogP contribution < -0.4 is 5.32 Å². The largest absolute Gasteiger partial charge is 0.452 e. The van der Waals surface area contributed by atoms with Crippen LogP contribution in [0, 0.1) is 0 Å².